The quantitative estimate of drug-likeness (QED) is 0.810. The summed E-state index contributed by atoms with van der Waals surface area (Å²) in [5.41, 5.74) is 1.98. The lowest BCUT2D eigenvalue weighted by Crippen LogP contribution is -2.22. The molecule has 1 aliphatic heterocycles. The minimum absolute atomic E-state index is 0.00582. The van der Waals surface area contributed by atoms with Gasteiger partial charge in [-0.05, 0) is 5.56 Å². The SMILES string of the molecule is COC1CN(Cc2ccccc2)CC1=N. The van der Waals surface area contributed by atoms with Gasteiger partial charge in [-0.3, -0.25) is 4.90 Å². The molecule has 1 saturated heterocycles. The summed E-state index contributed by atoms with van der Waals surface area (Å²) < 4.78 is 5.23. The van der Waals surface area contributed by atoms with Crippen molar-refractivity contribution >= 4 is 5.71 Å². The number of ether oxygens (including phenoxy) is 1. The number of methoxy groups -OCH3 is 1. The van der Waals surface area contributed by atoms with Gasteiger partial charge in [0.1, 0.15) is 6.10 Å². The first-order valence-electron chi connectivity index (χ1n) is 5.16. The average Bonchev–Trinajstić information content (AvgIpc) is 2.60. The number of hydrogen-bond donors (Lipinski definition) is 1. The van der Waals surface area contributed by atoms with E-state index in [4.69, 9.17) is 10.1 Å². The predicted molar refractivity (Wildman–Crippen MR) is 60.2 cm³/mol. The molecule has 1 fully saturated rings. The van der Waals surface area contributed by atoms with Crippen molar-refractivity contribution in [2.75, 3.05) is 20.2 Å². The van der Waals surface area contributed by atoms with E-state index in [1.807, 2.05) is 18.2 Å². The van der Waals surface area contributed by atoms with Gasteiger partial charge in [-0.15, -0.1) is 0 Å². The van der Waals surface area contributed by atoms with Crippen molar-refractivity contribution in [3.63, 3.8) is 0 Å². The lowest BCUT2D eigenvalue weighted by molar-refractivity contribution is 0.137. The number of nitrogens with one attached hydrogen (secondary N) is 1. The standard InChI is InChI=1S/C12H16N2O/c1-15-12-9-14(8-11(12)13)7-10-5-3-2-4-6-10/h2-6,12-13H,7-9H2,1H3. The Bertz CT molecular complexity index is 337. The van der Waals surface area contributed by atoms with Gasteiger partial charge in [-0.2, -0.15) is 0 Å². The number of hydrogen-bond acceptors (Lipinski definition) is 3. The molecule has 1 aliphatic rings. The summed E-state index contributed by atoms with van der Waals surface area (Å²) in [6, 6.07) is 10.3. The summed E-state index contributed by atoms with van der Waals surface area (Å²) in [6.07, 6.45) is -0.00582. The van der Waals surface area contributed by atoms with Crippen LogP contribution < -0.4 is 0 Å². The van der Waals surface area contributed by atoms with Crippen LogP contribution in [0.3, 0.4) is 0 Å². The maximum atomic E-state index is 7.74. The van der Waals surface area contributed by atoms with Crippen LogP contribution in [0.25, 0.3) is 0 Å². The first-order chi connectivity index (χ1) is 7.29. The summed E-state index contributed by atoms with van der Waals surface area (Å²) >= 11 is 0. The molecule has 15 heavy (non-hydrogen) atoms. The fraction of sp³-hybridized carbons (Fsp3) is 0.417. The Morgan fingerprint density at radius 1 is 1.40 bits per heavy atom. The molecule has 0 spiro atoms. The third-order valence-corrected chi connectivity index (χ3v) is 2.74. The van der Waals surface area contributed by atoms with Gasteiger partial charge in [0.05, 0.1) is 5.71 Å². The average molecular weight is 204 g/mol. The van der Waals surface area contributed by atoms with Crippen molar-refractivity contribution in [2.45, 2.75) is 12.6 Å². The van der Waals surface area contributed by atoms with Crippen molar-refractivity contribution < 1.29 is 4.74 Å². The molecule has 1 unspecified atom stereocenters. The van der Waals surface area contributed by atoms with Gasteiger partial charge < -0.3 is 10.1 Å². The van der Waals surface area contributed by atoms with Gasteiger partial charge >= 0.3 is 0 Å². The third kappa shape index (κ3) is 2.43. The van der Waals surface area contributed by atoms with Gasteiger partial charge in [-0.1, -0.05) is 30.3 Å². The lowest BCUT2D eigenvalue weighted by Gasteiger charge is -2.14. The van der Waals surface area contributed by atoms with Crippen LogP contribution in [0.1, 0.15) is 5.56 Å². The van der Waals surface area contributed by atoms with Crippen molar-refractivity contribution in [3.05, 3.63) is 35.9 Å². The van der Waals surface area contributed by atoms with Crippen LogP contribution in [-0.4, -0.2) is 36.9 Å². The van der Waals surface area contributed by atoms with E-state index >= 15 is 0 Å². The molecule has 1 atom stereocenters. The highest BCUT2D eigenvalue weighted by atomic mass is 16.5. The first kappa shape index (κ1) is 10.3. The van der Waals surface area contributed by atoms with Crippen molar-refractivity contribution in [3.8, 4) is 0 Å². The second-order valence-electron chi connectivity index (χ2n) is 3.90. The smallest absolute Gasteiger partial charge is 0.108 e. The Morgan fingerprint density at radius 3 is 2.73 bits per heavy atom. The highest BCUT2D eigenvalue weighted by Gasteiger charge is 2.27. The second kappa shape index (κ2) is 4.55. The molecule has 3 nitrogen and oxygen atoms in total. The fourth-order valence-corrected chi connectivity index (χ4v) is 1.93. The Morgan fingerprint density at radius 2 is 2.13 bits per heavy atom. The molecule has 1 aromatic rings. The van der Waals surface area contributed by atoms with E-state index in [0.29, 0.717) is 5.71 Å². The monoisotopic (exact) mass is 204 g/mol. The molecule has 0 aromatic heterocycles. The van der Waals surface area contributed by atoms with E-state index in [1.54, 1.807) is 7.11 Å². The van der Waals surface area contributed by atoms with Gasteiger partial charge in [0.15, 0.2) is 0 Å². The van der Waals surface area contributed by atoms with E-state index in [-0.39, 0.29) is 6.10 Å². The van der Waals surface area contributed by atoms with Gasteiger partial charge in [0.25, 0.3) is 0 Å². The van der Waals surface area contributed by atoms with Crippen molar-refractivity contribution in [1.82, 2.24) is 4.90 Å². The summed E-state index contributed by atoms with van der Waals surface area (Å²) in [7, 11) is 1.67. The van der Waals surface area contributed by atoms with E-state index in [1.165, 1.54) is 5.56 Å². The van der Waals surface area contributed by atoms with Crippen LogP contribution in [0.15, 0.2) is 30.3 Å². The molecule has 0 amide bonds. The van der Waals surface area contributed by atoms with Crippen LogP contribution in [0.4, 0.5) is 0 Å². The van der Waals surface area contributed by atoms with Crippen LogP contribution in [-0.2, 0) is 11.3 Å². The molecule has 1 heterocycles. The van der Waals surface area contributed by atoms with Crippen molar-refractivity contribution in [1.29, 1.82) is 5.41 Å². The maximum absolute atomic E-state index is 7.74. The van der Waals surface area contributed by atoms with E-state index in [2.05, 4.69) is 17.0 Å². The highest BCUT2D eigenvalue weighted by molar-refractivity contribution is 5.89. The maximum Gasteiger partial charge on any atom is 0.108 e. The summed E-state index contributed by atoms with van der Waals surface area (Å²) in [6.45, 7) is 2.47. The molecular weight excluding hydrogens is 188 g/mol. The van der Waals surface area contributed by atoms with Gasteiger partial charge in [-0.25, -0.2) is 0 Å². The Labute approximate surface area is 90.2 Å². The Balaban J connectivity index is 1.95. The predicted octanol–water partition coefficient (Wildman–Crippen LogP) is 1.54. The van der Waals surface area contributed by atoms with Crippen LogP contribution in [0.2, 0.25) is 0 Å². The molecular formula is C12H16N2O. The topological polar surface area (TPSA) is 36.3 Å². The molecule has 3 heteroatoms. The van der Waals surface area contributed by atoms with E-state index in [9.17, 15) is 0 Å². The zero-order valence-electron chi connectivity index (χ0n) is 8.94. The third-order valence-electron chi connectivity index (χ3n) is 2.74. The normalized spacial score (nSPS) is 22.2. The van der Waals surface area contributed by atoms with Gasteiger partial charge in [0.2, 0.25) is 0 Å². The minimum Gasteiger partial charge on any atom is -0.374 e. The van der Waals surface area contributed by atoms with E-state index in [0.717, 1.165) is 19.6 Å². The van der Waals surface area contributed by atoms with Gasteiger partial charge in [0, 0.05) is 26.7 Å². The zero-order chi connectivity index (χ0) is 10.7. The van der Waals surface area contributed by atoms with Crippen LogP contribution >= 0.6 is 0 Å². The molecule has 0 saturated carbocycles. The molecule has 2 rings (SSSR count). The molecule has 1 N–H and O–H groups in total. The van der Waals surface area contributed by atoms with Crippen LogP contribution in [0.5, 0.6) is 0 Å². The summed E-state index contributed by atoms with van der Waals surface area (Å²) in [5, 5.41) is 7.74. The largest absolute Gasteiger partial charge is 0.374 e. The number of benzene rings is 1. The summed E-state index contributed by atoms with van der Waals surface area (Å²) in [5.74, 6) is 0. The molecule has 0 aliphatic carbocycles. The summed E-state index contributed by atoms with van der Waals surface area (Å²) in [4.78, 5) is 2.24. The molecule has 0 bridgehead atoms. The number of likely N-dealkylation sites (tertiary alicyclic amines) is 1. The Hall–Kier alpha value is -1.19. The molecule has 80 valence electrons. The number of nitrogens with zero attached hydrogens (tertiary/aromatic N) is 1. The van der Waals surface area contributed by atoms with Crippen LogP contribution in [0, 0.1) is 5.41 Å². The molecule has 1 aromatic carbocycles. The molecule has 0 radical (unpaired) electrons. The second-order valence-corrected chi connectivity index (χ2v) is 3.90. The lowest BCUT2D eigenvalue weighted by atomic mass is 10.2. The zero-order valence-corrected chi connectivity index (χ0v) is 8.94. The minimum atomic E-state index is -0.00582. The van der Waals surface area contributed by atoms with Crippen molar-refractivity contribution in [2.24, 2.45) is 0 Å². The first-order valence-corrected chi connectivity index (χ1v) is 5.16. The highest BCUT2D eigenvalue weighted by Crippen LogP contribution is 2.12. The van der Waals surface area contributed by atoms with E-state index < -0.39 is 0 Å². The number of rotatable bonds is 3. The Kier molecular flexibility index (Phi) is 3.14. The fourth-order valence-electron chi connectivity index (χ4n) is 1.93.